The standard InChI is InChI=1S/C18H19N5O5/c24-17(14-10-16(20-19-14)23(26)27)21-8-6-13(7-9-21)22-11-15(28-18(22)25)12-4-2-1-3-5-12/h1-5,10,13,15H,6-9,11H2,(H,19,20). The van der Waals surface area contributed by atoms with Gasteiger partial charge in [-0.2, -0.15) is 0 Å². The summed E-state index contributed by atoms with van der Waals surface area (Å²) in [6.07, 6.45) is 0.628. The van der Waals surface area contributed by atoms with E-state index in [1.807, 2.05) is 30.3 Å². The molecule has 0 aliphatic carbocycles. The van der Waals surface area contributed by atoms with Gasteiger partial charge in [-0.05, 0) is 23.3 Å². The summed E-state index contributed by atoms with van der Waals surface area (Å²) in [5.41, 5.74) is 0.987. The molecule has 2 saturated heterocycles. The second-order valence-corrected chi connectivity index (χ2v) is 6.85. The summed E-state index contributed by atoms with van der Waals surface area (Å²) in [5, 5.41) is 16.7. The number of aromatic amines is 1. The van der Waals surface area contributed by atoms with Crippen molar-refractivity contribution >= 4 is 17.8 Å². The maximum Gasteiger partial charge on any atom is 0.410 e. The molecule has 146 valence electrons. The number of benzene rings is 1. The Kier molecular flexibility index (Phi) is 4.68. The normalized spacial score (nSPS) is 20.3. The third-order valence-electron chi connectivity index (χ3n) is 5.18. The molecule has 0 saturated carbocycles. The van der Waals surface area contributed by atoms with Crippen LogP contribution in [0.4, 0.5) is 10.6 Å². The number of carbonyl (C=O) groups is 2. The molecule has 2 fully saturated rings. The van der Waals surface area contributed by atoms with Gasteiger partial charge in [-0.3, -0.25) is 4.79 Å². The molecule has 3 heterocycles. The van der Waals surface area contributed by atoms with Gasteiger partial charge in [0.15, 0.2) is 5.69 Å². The summed E-state index contributed by atoms with van der Waals surface area (Å²) >= 11 is 0. The highest BCUT2D eigenvalue weighted by atomic mass is 16.6. The van der Waals surface area contributed by atoms with Crippen LogP contribution in [0.15, 0.2) is 36.4 Å². The predicted octanol–water partition coefficient (Wildman–Crippen LogP) is 2.12. The van der Waals surface area contributed by atoms with E-state index in [4.69, 9.17) is 4.74 Å². The molecule has 1 aromatic heterocycles. The Hall–Kier alpha value is -3.43. The van der Waals surface area contributed by atoms with Crippen molar-refractivity contribution in [3.63, 3.8) is 0 Å². The van der Waals surface area contributed by atoms with Gasteiger partial charge in [0.2, 0.25) is 0 Å². The molecule has 2 aromatic rings. The molecule has 1 aromatic carbocycles. The molecule has 0 spiro atoms. The number of hydrogen-bond acceptors (Lipinski definition) is 6. The molecule has 10 heteroatoms. The fraction of sp³-hybridized carbons (Fsp3) is 0.389. The van der Waals surface area contributed by atoms with Gasteiger partial charge in [-0.25, -0.2) is 4.79 Å². The third kappa shape index (κ3) is 3.40. The Morgan fingerprint density at radius 1 is 1.25 bits per heavy atom. The zero-order valence-corrected chi connectivity index (χ0v) is 15.0. The second-order valence-electron chi connectivity index (χ2n) is 6.85. The number of carbonyl (C=O) groups excluding carboxylic acids is 2. The number of aromatic nitrogens is 2. The maximum absolute atomic E-state index is 12.5. The number of H-pyrrole nitrogens is 1. The van der Waals surface area contributed by atoms with E-state index >= 15 is 0 Å². The zero-order chi connectivity index (χ0) is 19.7. The van der Waals surface area contributed by atoms with E-state index in [0.717, 1.165) is 11.6 Å². The Labute approximate surface area is 160 Å². The lowest BCUT2D eigenvalue weighted by Crippen LogP contribution is -2.47. The van der Waals surface area contributed by atoms with Crippen LogP contribution in [-0.2, 0) is 4.74 Å². The second kappa shape index (κ2) is 7.29. The highest BCUT2D eigenvalue weighted by Gasteiger charge is 2.38. The van der Waals surface area contributed by atoms with E-state index < -0.39 is 4.92 Å². The van der Waals surface area contributed by atoms with Crippen molar-refractivity contribution in [1.29, 1.82) is 0 Å². The topological polar surface area (TPSA) is 122 Å². The lowest BCUT2D eigenvalue weighted by molar-refractivity contribution is -0.389. The molecule has 0 radical (unpaired) electrons. The van der Waals surface area contributed by atoms with E-state index in [1.54, 1.807) is 9.80 Å². The number of likely N-dealkylation sites (tertiary alicyclic amines) is 1. The van der Waals surface area contributed by atoms with Crippen LogP contribution in [0.2, 0.25) is 0 Å². The maximum atomic E-state index is 12.5. The Morgan fingerprint density at radius 2 is 1.96 bits per heavy atom. The van der Waals surface area contributed by atoms with Crippen LogP contribution < -0.4 is 0 Å². The first-order chi connectivity index (χ1) is 13.5. The molecular formula is C18H19N5O5. The average molecular weight is 385 g/mol. The number of nitrogens with one attached hydrogen (secondary N) is 1. The summed E-state index contributed by atoms with van der Waals surface area (Å²) in [6.45, 7) is 1.39. The SMILES string of the molecule is O=C(c1cc([N+](=O)[O-])[nH]n1)N1CCC(N2CC(c3ccccc3)OC2=O)CC1. The molecule has 28 heavy (non-hydrogen) atoms. The van der Waals surface area contributed by atoms with Gasteiger partial charge in [0, 0.05) is 19.1 Å². The molecule has 2 amide bonds. The largest absolute Gasteiger partial charge is 0.439 e. The number of ether oxygens (including phenoxy) is 1. The lowest BCUT2D eigenvalue weighted by Gasteiger charge is -2.35. The first kappa shape index (κ1) is 18.0. The van der Waals surface area contributed by atoms with Crippen molar-refractivity contribution in [1.82, 2.24) is 20.0 Å². The molecule has 1 atom stereocenters. The van der Waals surface area contributed by atoms with Gasteiger partial charge < -0.3 is 24.7 Å². The Bertz CT molecular complexity index is 891. The van der Waals surface area contributed by atoms with Gasteiger partial charge in [-0.15, -0.1) is 5.10 Å². The summed E-state index contributed by atoms with van der Waals surface area (Å²) in [7, 11) is 0. The van der Waals surface area contributed by atoms with Crippen molar-refractivity contribution in [2.24, 2.45) is 0 Å². The van der Waals surface area contributed by atoms with Crippen LogP contribution >= 0.6 is 0 Å². The molecule has 1 N–H and O–H groups in total. The van der Waals surface area contributed by atoms with E-state index in [2.05, 4.69) is 10.2 Å². The minimum atomic E-state index is -0.627. The van der Waals surface area contributed by atoms with Gasteiger partial charge in [0.1, 0.15) is 6.10 Å². The number of rotatable bonds is 4. The fourth-order valence-electron chi connectivity index (χ4n) is 3.68. The van der Waals surface area contributed by atoms with E-state index in [-0.39, 0.29) is 35.7 Å². The van der Waals surface area contributed by atoms with Crippen molar-refractivity contribution in [3.8, 4) is 0 Å². The van der Waals surface area contributed by atoms with Crippen LogP contribution in [0.5, 0.6) is 0 Å². The number of nitro groups is 1. The summed E-state index contributed by atoms with van der Waals surface area (Å²) in [4.78, 5) is 38.2. The molecule has 4 rings (SSSR count). The van der Waals surface area contributed by atoms with Gasteiger partial charge in [0.05, 0.1) is 12.6 Å². The van der Waals surface area contributed by atoms with E-state index in [9.17, 15) is 19.7 Å². The molecule has 2 aliphatic rings. The summed E-state index contributed by atoms with van der Waals surface area (Å²) in [6, 6.07) is 10.7. The number of piperidine rings is 1. The summed E-state index contributed by atoms with van der Waals surface area (Å²) in [5.74, 6) is -0.668. The van der Waals surface area contributed by atoms with Crippen molar-refractivity contribution < 1.29 is 19.2 Å². The minimum absolute atomic E-state index is 0.00113. The van der Waals surface area contributed by atoms with Crippen molar-refractivity contribution in [2.45, 2.75) is 25.0 Å². The van der Waals surface area contributed by atoms with Gasteiger partial charge in [0.25, 0.3) is 5.91 Å². The fourth-order valence-corrected chi connectivity index (χ4v) is 3.68. The van der Waals surface area contributed by atoms with E-state index in [0.29, 0.717) is 32.5 Å². The Balaban J connectivity index is 1.35. The third-order valence-corrected chi connectivity index (χ3v) is 5.18. The number of hydrogen-bond donors (Lipinski definition) is 1. The minimum Gasteiger partial charge on any atom is -0.439 e. The molecule has 1 unspecified atom stereocenters. The number of nitrogens with zero attached hydrogens (tertiary/aromatic N) is 4. The molecule has 10 nitrogen and oxygen atoms in total. The predicted molar refractivity (Wildman–Crippen MR) is 96.5 cm³/mol. The van der Waals surface area contributed by atoms with Gasteiger partial charge >= 0.3 is 11.9 Å². The molecular weight excluding hydrogens is 366 g/mol. The first-order valence-electron chi connectivity index (χ1n) is 9.04. The molecule has 2 aliphatic heterocycles. The average Bonchev–Trinajstić information content (AvgIpc) is 3.36. The quantitative estimate of drug-likeness (QED) is 0.635. The number of amides is 2. The number of cyclic esters (lactones) is 1. The Morgan fingerprint density at radius 3 is 2.61 bits per heavy atom. The van der Waals surface area contributed by atoms with Gasteiger partial charge in [-0.1, -0.05) is 35.4 Å². The van der Waals surface area contributed by atoms with Crippen molar-refractivity contribution in [3.05, 3.63) is 57.8 Å². The van der Waals surface area contributed by atoms with Crippen LogP contribution in [0, 0.1) is 10.1 Å². The highest BCUT2D eigenvalue weighted by molar-refractivity contribution is 5.92. The molecule has 0 bridgehead atoms. The van der Waals surface area contributed by atoms with Crippen LogP contribution in [0.3, 0.4) is 0 Å². The summed E-state index contributed by atoms with van der Waals surface area (Å²) < 4.78 is 5.51. The van der Waals surface area contributed by atoms with Crippen LogP contribution in [0.1, 0.15) is 35.0 Å². The smallest absolute Gasteiger partial charge is 0.410 e. The van der Waals surface area contributed by atoms with Crippen LogP contribution in [0.25, 0.3) is 0 Å². The lowest BCUT2D eigenvalue weighted by atomic mass is 10.0. The highest BCUT2D eigenvalue weighted by Crippen LogP contribution is 2.30. The van der Waals surface area contributed by atoms with E-state index in [1.165, 1.54) is 0 Å². The van der Waals surface area contributed by atoms with Crippen LogP contribution in [-0.4, -0.2) is 62.6 Å². The monoisotopic (exact) mass is 385 g/mol. The first-order valence-corrected chi connectivity index (χ1v) is 9.04. The zero-order valence-electron chi connectivity index (χ0n) is 15.0. The van der Waals surface area contributed by atoms with Crippen molar-refractivity contribution in [2.75, 3.05) is 19.6 Å².